The molecule has 0 saturated heterocycles. The van der Waals surface area contributed by atoms with Crippen molar-refractivity contribution >= 4 is 11.4 Å². The van der Waals surface area contributed by atoms with Crippen LogP contribution in [0.3, 0.4) is 0 Å². The Morgan fingerprint density at radius 1 is 0.920 bits per heavy atom. The van der Waals surface area contributed by atoms with Crippen LogP contribution >= 0.6 is 0 Å². The molecule has 2 aromatic rings. The smallest absolute Gasteiger partial charge is 0.253 e. The zero-order chi connectivity index (χ0) is 18.4. The van der Waals surface area contributed by atoms with E-state index in [9.17, 15) is 9.59 Å². The molecule has 2 rings (SSSR count). The number of likely N-dealkylation sites (N-methyl/N-ethyl adjacent to an activating group) is 1. The maximum absolute atomic E-state index is 11.9. The number of nitrogens with one attached hydrogen (secondary N) is 2. The average molecular weight is 344 g/mol. The number of rotatable bonds is 10. The summed E-state index contributed by atoms with van der Waals surface area (Å²) in [7, 11) is 8.02. The van der Waals surface area contributed by atoms with Crippen molar-refractivity contribution in [3.05, 3.63) is 56.3 Å². The molecule has 136 valence electrons. The van der Waals surface area contributed by atoms with Crippen LogP contribution in [-0.4, -0.2) is 57.6 Å². The predicted molar refractivity (Wildman–Crippen MR) is 104 cm³/mol. The molecule has 0 aliphatic rings. The molecule has 0 fully saturated rings. The molecule has 2 N–H and O–H groups in total. The van der Waals surface area contributed by atoms with E-state index in [-0.39, 0.29) is 6.04 Å². The summed E-state index contributed by atoms with van der Waals surface area (Å²) in [5.74, 6) is 0. The molecule has 0 amide bonds. The maximum atomic E-state index is 11.9. The zero-order valence-electron chi connectivity index (χ0n) is 15.5. The average Bonchev–Trinajstić information content (AvgIpc) is 2.59. The van der Waals surface area contributed by atoms with Crippen molar-refractivity contribution in [2.24, 2.45) is 0 Å². The molecular formula is C19H28N4O2. The van der Waals surface area contributed by atoms with Crippen LogP contribution in [0.2, 0.25) is 0 Å². The van der Waals surface area contributed by atoms with Crippen LogP contribution < -0.4 is 21.5 Å². The van der Waals surface area contributed by atoms with Gasteiger partial charge in [-0.2, -0.15) is 0 Å². The Hall–Kier alpha value is -2.18. The largest absolute Gasteiger partial charge is 0.380 e. The summed E-state index contributed by atoms with van der Waals surface area (Å²) in [6.07, 6.45) is 0.912. The highest BCUT2D eigenvalue weighted by atomic mass is 16.2. The fourth-order valence-electron chi connectivity index (χ4n) is 2.81. The first-order chi connectivity index (χ1) is 11.9. The number of hydrogen-bond acceptors (Lipinski definition) is 6. The Bertz CT molecular complexity index is 734. The third-order valence-electron chi connectivity index (χ3n) is 4.27. The van der Waals surface area contributed by atoms with Gasteiger partial charge < -0.3 is 20.4 Å². The molecular weight excluding hydrogens is 316 g/mol. The highest BCUT2D eigenvalue weighted by molar-refractivity contribution is 5.74. The van der Waals surface area contributed by atoms with Crippen LogP contribution in [0.5, 0.6) is 0 Å². The lowest BCUT2D eigenvalue weighted by atomic mass is 10.1. The maximum Gasteiger partial charge on any atom is 0.253 e. The van der Waals surface area contributed by atoms with Crippen LogP contribution in [0.25, 0.3) is 0 Å². The van der Waals surface area contributed by atoms with Gasteiger partial charge in [0.2, 0.25) is 0 Å². The lowest BCUT2D eigenvalue weighted by Gasteiger charge is -2.26. The molecule has 1 unspecified atom stereocenters. The molecule has 25 heavy (non-hydrogen) atoms. The van der Waals surface area contributed by atoms with Gasteiger partial charge in [0.1, 0.15) is 11.4 Å². The highest BCUT2D eigenvalue weighted by Gasteiger charge is 2.22. The van der Waals surface area contributed by atoms with E-state index in [2.05, 4.69) is 32.6 Å². The van der Waals surface area contributed by atoms with E-state index in [0.717, 1.165) is 13.0 Å². The summed E-state index contributed by atoms with van der Waals surface area (Å²) in [5.41, 5.74) is 1.15. The second-order valence-electron chi connectivity index (χ2n) is 6.76. The molecule has 0 saturated carbocycles. The van der Waals surface area contributed by atoms with E-state index < -0.39 is 10.9 Å². The minimum atomic E-state index is -0.430. The van der Waals surface area contributed by atoms with Crippen molar-refractivity contribution in [2.45, 2.75) is 12.5 Å². The lowest BCUT2D eigenvalue weighted by molar-refractivity contribution is 0.312. The van der Waals surface area contributed by atoms with Crippen LogP contribution in [0.15, 0.2) is 39.9 Å². The van der Waals surface area contributed by atoms with Gasteiger partial charge in [-0.05, 0) is 46.7 Å². The number of nitrogens with zero attached hydrogens (tertiary/aromatic N) is 2. The van der Waals surface area contributed by atoms with Gasteiger partial charge in [-0.25, -0.2) is 0 Å². The van der Waals surface area contributed by atoms with Crippen molar-refractivity contribution in [3.8, 4) is 0 Å². The fourth-order valence-corrected chi connectivity index (χ4v) is 2.81. The second-order valence-corrected chi connectivity index (χ2v) is 6.76. The second kappa shape index (κ2) is 8.78. The monoisotopic (exact) mass is 344 g/mol. The summed E-state index contributed by atoms with van der Waals surface area (Å²) in [5, 5.41) is 6.28. The van der Waals surface area contributed by atoms with Crippen LogP contribution in [0.1, 0.15) is 18.0 Å². The van der Waals surface area contributed by atoms with E-state index in [1.807, 2.05) is 46.4 Å². The minimum absolute atomic E-state index is 0.118. The van der Waals surface area contributed by atoms with Crippen LogP contribution in [-0.2, 0) is 0 Å². The van der Waals surface area contributed by atoms with E-state index >= 15 is 0 Å². The first-order valence-electron chi connectivity index (χ1n) is 8.59. The SMILES string of the molecule is CN(C)CCCNc1c(NCC(c2ccccc2)N(C)C)c(=O)c1=O. The molecule has 0 aromatic heterocycles. The third kappa shape index (κ3) is 4.90. The zero-order valence-corrected chi connectivity index (χ0v) is 15.5. The Kier molecular flexibility index (Phi) is 6.73. The van der Waals surface area contributed by atoms with Gasteiger partial charge in [0.05, 0.1) is 6.04 Å². The number of hydrogen-bond donors (Lipinski definition) is 2. The third-order valence-corrected chi connectivity index (χ3v) is 4.27. The van der Waals surface area contributed by atoms with Gasteiger partial charge in [0.25, 0.3) is 10.9 Å². The van der Waals surface area contributed by atoms with Crippen LogP contribution in [0, 0.1) is 0 Å². The molecule has 0 spiro atoms. The quantitative estimate of drug-likeness (QED) is 0.501. The van der Waals surface area contributed by atoms with Gasteiger partial charge >= 0.3 is 0 Å². The first kappa shape index (κ1) is 19.1. The molecule has 0 aliphatic carbocycles. The highest BCUT2D eigenvalue weighted by Crippen LogP contribution is 2.20. The van der Waals surface area contributed by atoms with Gasteiger partial charge in [-0.15, -0.1) is 0 Å². The lowest BCUT2D eigenvalue weighted by Crippen LogP contribution is -2.39. The summed E-state index contributed by atoms with van der Waals surface area (Å²) in [4.78, 5) is 27.9. The van der Waals surface area contributed by atoms with Gasteiger partial charge in [0, 0.05) is 13.1 Å². The standard InChI is InChI=1S/C19H28N4O2/c1-22(2)12-8-11-20-16-17(19(25)18(16)24)21-13-15(23(3)4)14-9-6-5-7-10-14/h5-7,9-10,15,20-21H,8,11-13H2,1-4H3. The molecule has 1 atom stereocenters. The fraction of sp³-hybridized carbons (Fsp3) is 0.474. The summed E-state index contributed by atoms with van der Waals surface area (Å²) in [6.45, 7) is 2.17. The molecule has 6 nitrogen and oxygen atoms in total. The topological polar surface area (TPSA) is 64.7 Å². The first-order valence-corrected chi connectivity index (χ1v) is 8.59. The normalized spacial score (nSPS) is 12.7. The van der Waals surface area contributed by atoms with Crippen molar-refractivity contribution in [1.82, 2.24) is 9.80 Å². The Labute approximate surface area is 149 Å². The van der Waals surface area contributed by atoms with Crippen molar-refractivity contribution < 1.29 is 0 Å². The number of benzene rings is 1. The predicted octanol–water partition coefficient (Wildman–Crippen LogP) is 1.36. The van der Waals surface area contributed by atoms with Gasteiger partial charge in [-0.3, -0.25) is 9.59 Å². The molecule has 0 heterocycles. The van der Waals surface area contributed by atoms with Crippen molar-refractivity contribution in [1.29, 1.82) is 0 Å². The van der Waals surface area contributed by atoms with E-state index in [0.29, 0.717) is 24.5 Å². The molecule has 0 radical (unpaired) electrons. The molecule has 0 aliphatic heterocycles. The van der Waals surface area contributed by atoms with E-state index in [1.54, 1.807) is 0 Å². The summed E-state index contributed by atoms with van der Waals surface area (Å²) >= 11 is 0. The van der Waals surface area contributed by atoms with Crippen molar-refractivity contribution in [2.75, 3.05) is 58.5 Å². The molecule has 0 bridgehead atoms. The Balaban J connectivity index is 1.99. The molecule has 6 heteroatoms. The summed E-state index contributed by atoms with van der Waals surface area (Å²) < 4.78 is 0. The van der Waals surface area contributed by atoms with E-state index in [4.69, 9.17) is 0 Å². The Morgan fingerprint density at radius 3 is 2.08 bits per heavy atom. The van der Waals surface area contributed by atoms with Gasteiger partial charge in [0.15, 0.2) is 0 Å². The van der Waals surface area contributed by atoms with Gasteiger partial charge in [-0.1, -0.05) is 30.3 Å². The van der Waals surface area contributed by atoms with E-state index in [1.165, 1.54) is 5.56 Å². The molecule has 2 aromatic carbocycles. The Morgan fingerprint density at radius 2 is 1.52 bits per heavy atom. The van der Waals surface area contributed by atoms with Crippen molar-refractivity contribution in [3.63, 3.8) is 0 Å². The summed E-state index contributed by atoms with van der Waals surface area (Å²) in [6, 6.07) is 10.2. The van der Waals surface area contributed by atoms with Crippen LogP contribution in [0.4, 0.5) is 11.4 Å². The minimum Gasteiger partial charge on any atom is -0.380 e. The number of anilines is 2.